The summed E-state index contributed by atoms with van der Waals surface area (Å²) in [5, 5.41) is 53.8. The minimum Gasteiger partial charge on any atom is -0.394 e. The van der Waals surface area contributed by atoms with Crippen molar-refractivity contribution in [3.8, 4) is 0 Å². The summed E-state index contributed by atoms with van der Waals surface area (Å²) >= 11 is 0. The minimum absolute atomic E-state index is 0.0655. The molecule has 0 radical (unpaired) electrons. The number of ketones is 1. The Morgan fingerprint density at radius 3 is 2.56 bits per heavy atom. The Labute approximate surface area is 250 Å². The Kier molecular flexibility index (Phi) is 6.65. The van der Waals surface area contributed by atoms with Crippen LogP contribution in [-0.2, 0) is 30.8 Å². The third-order valence-corrected chi connectivity index (χ3v) is 11.9. The number of carbonyl (C=O) groups is 1. The average molecular weight is 598 g/mol. The first-order valence-electron chi connectivity index (χ1n) is 15.5. The maximum absolute atomic E-state index is 13.8. The van der Waals surface area contributed by atoms with Crippen LogP contribution in [0.25, 0.3) is 10.9 Å². The molecule has 2 saturated carbocycles. The number of fused-ring (bicyclic) bond motifs is 9. The summed E-state index contributed by atoms with van der Waals surface area (Å²) in [7, 11) is 0. The first kappa shape index (κ1) is 29.6. The van der Waals surface area contributed by atoms with Crippen LogP contribution in [0.2, 0.25) is 0 Å². The van der Waals surface area contributed by atoms with Gasteiger partial charge in [-0.25, -0.2) is 0 Å². The zero-order valence-electron chi connectivity index (χ0n) is 25.1. The molecule has 10 nitrogen and oxygen atoms in total. The van der Waals surface area contributed by atoms with E-state index in [9.17, 15) is 30.3 Å². The van der Waals surface area contributed by atoms with Gasteiger partial charge in [0.1, 0.15) is 24.4 Å². The molecule has 5 aliphatic rings. The van der Waals surface area contributed by atoms with Crippen LogP contribution in [-0.4, -0.2) is 91.1 Å². The minimum atomic E-state index is -1.66. The number of hydrogen-bond donors (Lipinski definition) is 6. The van der Waals surface area contributed by atoms with Gasteiger partial charge in [0.15, 0.2) is 24.0 Å². The smallest absolute Gasteiger partial charge is 0.189 e. The number of rotatable bonds is 4. The number of aliphatic hydroxyl groups excluding tert-OH is 4. The number of aromatic nitrogens is 1. The van der Waals surface area contributed by atoms with Crippen LogP contribution >= 0.6 is 0 Å². The van der Waals surface area contributed by atoms with E-state index in [0.29, 0.717) is 24.3 Å². The van der Waals surface area contributed by atoms with Crippen LogP contribution in [0, 0.1) is 17.3 Å². The number of nitrogens with one attached hydrogen (secondary N) is 1. The van der Waals surface area contributed by atoms with E-state index in [0.717, 1.165) is 24.8 Å². The molecule has 0 bridgehead atoms. The summed E-state index contributed by atoms with van der Waals surface area (Å²) in [6.07, 6.45) is -3.20. The Morgan fingerprint density at radius 2 is 1.81 bits per heavy atom. The Bertz CT molecular complexity index is 1480. The van der Waals surface area contributed by atoms with Crippen molar-refractivity contribution in [2.45, 2.75) is 113 Å². The van der Waals surface area contributed by atoms with Crippen molar-refractivity contribution in [1.82, 2.24) is 4.98 Å². The molecule has 1 aromatic heterocycles. The molecule has 0 unspecified atom stereocenters. The molecule has 7 rings (SSSR count). The molecule has 1 aromatic carbocycles. The Balaban J connectivity index is 1.19. The van der Waals surface area contributed by atoms with E-state index in [-0.39, 0.29) is 22.5 Å². The fourth-order valence-corrected chi connectivity index (χ4v) is 9.31. The number of ether oxygens (including phenoxy) is 3. The van der Waals surface area contributed by atoms with Crippen molar-refractivity contribution in [1.29, 1.82) is 0 Å². The molecule has 0 amide bonds. The van der Waals surface area contributed by atoms with E-state index in [1.54, 1.807) is 19.9 Å². The second kappa shape index (κ2) is 9.67. The van der Waals surface area contributed by atoms with Gasteiger partial charge in [-0.15, -0.1) is 0 Å². The molecule has 1 saturated heterocycles. The van der Waals surface area contributed by atoms with Crippen LogP contribution in [0.1, 0.15) is 64.6 Å². The van der Waals surface area contributed by atoms with Crippen molar-refractivity contribution in [2.24, 2.45) is 17.3 Å². The molecule has 2 aliphatic heterocycles. The van der Waals surface area contributed by atoms with E-state index in [2.05, 4.69) is 43.1 Å². The predicted molar refractivity (Wildman–Crippen MR) is 155 cm³/mol. The standard InChI is InChI=1S/C33H43NO9/c1-30(2,43-29-26(39)25(38)24(37)23(15-35)41-29)28-22(36)14-20-19-10-9-16-13-18-17-7-5-6-8-21(17)34-27(18)32(16,4)31(19,3)11-12-33(20,40)42-28/h5-8,14,16,19,23-26,28-29,34-35,37-40H,9-13,15H2,1-4H3/t16-,19-,23+,24+,25-,26-,28-,29-,31-,32+,33-/m0/s1. The second-order valence-electron chi connectivity index (χ2n) is 14.4. The maximum Gasteiger partial charge on any atom is 0.189 e. The van der Waals surface area contributed by atoms with Crippen molar-refractivity contribution in [3.05, 3.63) is 47.2 Å². The number of para-hydroxylation sites is 1. The molecule has 0 spiro atoms. The van der Waals surface area contributed by atoms with E-state index >= 15 is 0 Å². The monoisotopic (exact) mass is 597 g/mol. The average Bonchev–Trinajstić information content (AvgIpc) is 3.48. The molecule has 3 aliphatic carbocycles. The summed E-state index contributed by atoms with van der Waals surface area (Å²) in [5.41, 5.74) is 2.64. The predicted octanol–water partition coefficient (Wildman–Crippen LogP) is 1.99. The lowest BCUT2D eigenvalue weighted by Crippen LogP contribution is -2.65. The highest BCUT2D eigenvalue weighted by molar-refractivity contribution is 5.96. The number of benzene rings is 1. The lowest BCUT2D eigenvalue weighted by Gasteiger charge is -2.62. The van der Waals surface area contributed by atoms with Gasteiger partial charge in [0.25, 0.3) is 0 Å². The zero-order valence-corrected chi connectivity index (χ0v) is 25.1. The van der Waals surface area contributed by atoms with Crippen LogP contribution in [0.5, 0.6) is 0 Å². The van der Waals surface area contributed by atoms with Crippen LogP contribution in [0.15, 0.2) is 35.9 Å². The first-order chi connectivity index (χ1) is 20.2. The number of aliphatic hydroxyl groups is 5. The first-order valence-corrected chi connectivity index (χ1v) is 15.5. The van der Waals surface area contributed by atoms with Crippen molar-refractivity contribution in [3.63, 3.8) is 0 Å². The molecular weight excluding hydrogens is 554 g/mol. The third kappa shape index (κ3) is 3.97. The zero-order chi connectivity index (χ0) is 30.7. The van der Waals surface area contributed by atoms with E-state index in [1.165, 1.54) is 16.6 Å². The molecule has 43 heavy (non-hydrogen) atoms. The van der Waals surface area contributed by atoms with Gasteiger partial charge in [-0.1, -0.05) is 32.0 Å². The normalized spacial score (nSPS) is 44.4. The quantitative estimate of drug-likeness (QED) is 0.310. The molecule has 3 fully saturated rings. The molecule has 10 heteroatoms. The number of aromatic amines is 1. The fraction of sp³-hybridized carbons (Fsp3) is 0.667. The molecule has 2 aromatic rings. The lowest BCUT2D eigenvalue weighted by atomic mass is 9.44. The van der Waals surface area contributed by atoms with Crippen LogP contribution in [0.4, 0.5) is 0 Å². The van der Waals surface area contributed by atoms with Gasteiger partial charge < -0.3 is 44.7 Å². The highest BCUT2D eigenvalue weighted by atomic mass is 16.7. The van der Waals surface area contributed by atoms with E-state index < -0.39 is 54.8 Å². The highest BCUT2D eigenvalue weighted by Crippen LogP contribution is 2.69. The number of hydrogen-bond acceptors (Lipinski definition) is 9. The van der Waals surface area contributed by atoms with Crippen LogP contribution in [0.3, 0.4) is 0 Å². The summed E-state index contributed by atoms with van der Waals surface area (Å²) in [5.74, 6) is -1.62. The molecule has 234 valence electrons. The number of carbonyl (C=O) groups excluding carboxylic acids is 1. The van der Waals surface area contributed by atoms with Gasteiger partial charge in [-0.05, 0) is 80.1 Å². The highest BCUT2D eigenvalue weighted by Gasteiger charge is 2.67. The van der Waals surface area contributed by atoms with Gasteiger partial charge in [-0.3, -0.25) is 4.79 Å². The maximum atomic E-state index is 13.8. The van der Waals surface area contributed by atoms with E-state index in [4.69, 9.17) is 14.2 Å². The molecule has 3 heterocycles. The molecule has 6 N–H and O–H groups in total. The summed E-state index contributed by atoms with van der Waals surface area (Å²) in [6, 6.07) is 8.45. The summed E-state index contributed by atoms with van der Waals surface area (Å²) < 4.78 is 17.8. The second-order valence-corrected chi connectivity index (χ2v) is 14.4. The van der Waals surface area contributed by atoms with Gasteiger partial charge in [0, 0.05) is 28.4 Å². The van der Waals surface area contributed by atoms with Gasteiger partial charge in [0.2, 0.25) is 0 Å². The van der Waals surface area contributed by atoms with E-state index in [1.807, 2.05) is 0 Å². The summed E-state index contributed by atoms with van der Waals surface area (Å²) in [4.78, 5) is 17.5. The topological polar surface area (TPSA) is 162 Å². The Hall–Kier alpha value is -2.15. The Morgan fingerprint density at radius 1 is 1.07 bits per heavy atom. The number of H-pyrrole nitrogens is 1. The molecular formula is C33H43NO9. The largest absolute Gasteiger partial charge is 0.394 e. The van der Waals surface area contributed by atoms with Gasteiger partial charge >= 0.3 is 0 Å². The van der Waals surface area contributed by atoms with Gasteiger partial charge in [0.05, 0.1) is 12.2 Å². The van der Waals surface area contributed by atoms with Crippen molar-refractivity contribution >= 4 is 16.7 Å². The van der Waals surface area contributed by atoms with Crippen molar-refractivity contribution in [2.75, 3.05) is 6.61 Å². The SMILES string of the molecule is CC(C)(O[C@@H]1O[C@H](CO)[C@@H](O)[C@H](O)[C@@H]1O)[C@H]1O[C@@]2(O)CC[C@@]3(C)[C@@H](CC[C@H]4Cc5c([nH]c6ccccc56)[C@@]43C)C2=CC1=O. The van der Waals surface area contributed by atoms with Crippen molar-refractivity contribution < 1.29 is 44.5 Å². The lowest BCUT2D eigenvalue weighted by molar-refractivity contribution is -0.342. The fourth-order valence-electron chi connectivity index (χ4n) is 9.31. The third-order valence-electron chi connectivity index (χ3n) is 11.9. The summed E-state index contributed by atoms with van der Waals surface area (Å²) in [6.45, 7) is 7.26. The van der Waals surface area contributed by atoms with Gasteiger partial charge in [-0.2, -0.15) is 0 Å². The molecule has 11 atom stereocenters. The van der Waals surface area contributed by atoms with Crippen LogP contribution < -0.4 is 0 Å².